The van der Waals surface area contributed by atoms with Gasteiger partial charge >= 0.3 is 5.97 Å². The maximum absolute atomic E-state index is 12.8. The van der Waals surface area contributed by atoms with E-state index in [9.17, 15) is 24.6 Å². The van der Waals surface area contributed by atoms with E-state index < -0.39 is 40.9 Å². The number of ketones is 2. The number of rotatable bonds is 3. The third kappa shape index (κ3) is 2.72. The third-order valence-corrected chi connectivity index (χ3v) is 8.08. The Bertz CT molecular complexity index is 869. The Hall–Kier alpha value is -2.05. The Balaban J connectivity index is 1.70. The number of allylic oxidation sites excluding steroid dienone is 6. The lowest BCUT2D eigenvalue weighted by Crippen LogP contribution is -2.61. The van der Waals surface area contributed by atoms with E-state index >= 15 is 0 Å². The van der Waals surface area contributed by atoms with Gasteiger partial charge in [-0.1, -0.05) is 32.1 Å². The van der Waals surface area contributed by atoms with Crippen LogP contribution in [0.2, 0.25) is 0 Å². The van der Waals surface area contributed by atoms with E-state index in [0.717, 1.165) is 5.57 Å². The summed E-state index contributed by atoms with van der Waals surface area (Å²) in [6.45, 7) is 4.69. The Morgan fingerprint density at radius 3 is 2.69 bits per heavy atom. The zero-order valence-corrected chi connectivity index (χ0v) is 17.1. The van der Waals surface area contributed by atoms with Crippen molar-refractivity contribution in [3.05, 3.63) is 36.0 Å². The van der Waals surface area contributed by atoms with Crippen molar-refractivity contribution in [2.75, 3.05) is 6.61 Å². The van der Waals surface area contributed by atoms with Gasteiger partial charge in [0.2, 0.25) is 5.78 Å². The SMILES string of the molecule is CC(=O)OCC(=O)[C@@]1(O)CC[C@H]2[C@@H]3C=CC4=CC(=O)C=C[C@]4(C)[C@H]3[C@@H](O)C[C@@]21C. The van der Waals surface area contributed by atoms with Gasteiger partial charge in [0.25, 0.3) is 0 Å². The number of hydrogen-bond donors (Lipinski definition) is 2. The molecule has 2 saturated carbocycles. The molecule has 0 unspecified atom stereocenters. The number of aliphatic hydroxyl groups is 2. The van der Waals surface area contributed by atoms with Crippen molar-refractivity contribution in [2.24, 2.45) is 28.6 Å². The second-order valence-corrected chi connectivity index (χ2v) is 9.48. The van der Waals surface area contributed by atoms with E-state index in [1.807, 2.05) is 32.1 Å². The Morgan fingerprint density at radius 2 is 2.00 bits per heavy atom. The molecule has 4 rings (SSSR count). The number of esters is 1. The first-order chi connectivity index (χ1) is 13.5. The van der Waals surface area contributed by atoms with Crippen LogP contribution in [0.3, 0.4) is 0 Å². The number of aliphatic hydroxyl groups excluding tert-OH is 1. The molecule has 0 radical (unpaired) electrons. The fraction of sp³-hybridized carbons (Fsp3) is 0.609. The maximum atomic E-state index is 12.8. The molecular formula is C23H28O6. The summed E-state index contributed by atoms with van der Waals surface area (Å²) in [5, 5.41) is 22.7. The van der Waals surface area contributed by atoms with Crippen LogP contribution < -0.4 is 0 Å². The lowest BCUT2D eigenvalue weighted by molar-refractivity contribution is -0.175. The molecule has 0 aromatic heterocycles. The molecule has 4 aliphatic carbocycles. The summed E-state index contributed by atoms with van der Waals surface area (Å²) in [5.74, 6) is -1.28. The molecule has 7 atom stereocenters. The standard InChI is InChI=1S/C23H28O6/c1-13(24)29-12-19(27)23(28)9-7-17-16-5-4-14-10-15(25)6-8-21(14,2)20(16)18(26)11-22(17,23)3/h4-6,8,10,16-18,20,26,28H,7,9,11-12H2,1-3H3/t16-,17-,18-,20+,21-,22-,23-/m0/s1. The number of hydrogen-bond acceptors (Lipinski definition) is 6. The van der Waals surface area contributed by atoms with Crippen LogP contribution in [0.4, 0.5) is 0 Å². The van der Waals surface area contributed by atoms with E-state index in [4.69, 9.17) is 4.74 Å². The van der Waals surface area contributed by atoms with Gasteiger partial charge < -0.3 is 14.9 Å². The first kappa shape index (κ1) is 20.2. The number of fused-ring (bicyclic) bond motifs is 5. The minimum Gasteiger partial charge on any atom is -0.458 e. The minimum absolute atomic E-state index is 0.00262. The van der Waals surface area contributed by atoms with Crippen molar-refractivity contribution < 1.29 is 29.3 Å². The number of carbonyl (C=O) groups is 3. The molecule has 0 bridgehead atoms. The van der Waals surface area contributed by atoms with Crippen LogP contribution >= 0.6 is 0 Å². The molecule has 0 aromatic rings. The molecule has 0 spiro atoms. The average molecular weight is 400 g/mol. The van der Waals surface area contributed by atoms with Gasteiger partial charge in [0.15, 0.2) is 12.4 Å². The van der Waals surface area contributed by atoms with Crippen molar-refractivity contribution >= 4 is 17.5 Å². The van der Waals surface area contributed by atoms with Gasteiger partial charge in [-0.2, -0.15) is 0 Å². The van der Waals surface area contributed by atoms with E-state index in [-0.39, 0.29) is 36.4 Å². The smallest absolute Gasteiger partial charge is 0.303 e. The zero-order valence-electron chi connectivity index (χ0n) is 17.1. The molecule has 2 fully saturated rings. The summed E-state index contributed by atoms with van der Waals surface area (Å²) in [6.07, 6.45) is 9.54. The third-order valence-electron chi connectivity index (χ3n) is 8.08. The van der Waals surface area contributed by atoms with Gasteiger partial charge in [0.05, 0.1) is 6.10 Å². The molecule has 0 amide bonds. The molecule has 6 heteroatoms. The van der Waals surface area contributed by atoms with E-state index in [2.05, 4.69) is 0 Å². The molecule has 156 valence electrons. The first-order valence-electron chi connectivity index (χ1n) is 10.2. The largest absolute Gasteiger partial charge is 0.458 e. The predicted molar refractivity (Wildman–Crippen MR) is 105 cm³/mol. The van der Waals surface area contributed by atoms with Crippen LogP contribution in [-0.4, -0.2) is 46.1 Å². The summed E-state index contributed by atoms with van der Waals surface area (Å²) >= 11 is 0. The highest BCUT2D eigenvalue weighted by atomic mass is 16.5. The van der Waals surface area contributed by atoms with Crippen molar-refractivity contribution in [2.45, 2.75) is 51.7 Å². The summed E-state index contributed by atoms with van der Waals surface area (Å²) in [5.41, 5.74) is -2.02. The van der Waals surface area contributed by atoms with Crippen LogP contribution in [0, 0.1) is 28.6 Å². The normalized spacial score (nSPS) is 45.1. The lowest BCUT2D eigenvalue weighted by atomic mass is 9.48. The molecule has 29 heavy (non-hydrogen) atoms. The summed E-state index contributed by atoms with van der Waals surface area (Å²) in [6, 6.07) is 0. The maximum Gasteiger partial charge on any atom is 0.303 e. The number of Topliss-reactive ketones (excluding diaryl/α,β-unsaturated/α-hetero) is 1. The summed E-state index contributed by atoms with van der Waals surface area (Å²) < 4.78 is 4.86. The van der Waals surface area contributed by atoms with Crippen LogP contribution in [-0.2, 0) is 19.1 Å². The lowest BCUT2D eigenvalue weighted by Gasteiger charge is -2.57. The second kappa shape index (κ2) is 6.47. The first-order valence-corrected chi connectivity index (χ1v) is 10.2. The molecule has 0 saturated heterocycles. The van der Waals surface area contributed by atoms with E-state index in [0.29, 0.717) is 6.42 Å². The van der Waals surface area contributed by atoms with Gasteiger partial charge in [-0.15, -0.1) is 0 Å². The van der Waals surface area contributed by atoms with Crippen molar-refractivity contribution in [3.8, 4) is 0 Å². The molecule has 0 aromatic carbocycles. The van der Waals surface area contributed by atoms with Gasteiger partial charge in [-0.3, -0.25) is 14.4 Å². The monoisotopic (exact) mass is 400 g/mol. The van der Waals surface area contributed by atoms with Crippen molar-refractivity contribution in [1.29, 1.82) is 0 Å². The van der Waals surface area contributed by atoms with Gasteiger partial charge in [-0.05, 0) is 48.8 Å². The Labute approximate surface area is 170 Å². The van der Waals surface area contributed by atoms with Crippen molar-refractivity contribution in [3.63, 3.8) is 0 Å². The second-order valence-electron chi connectivity index (χ2n) is 9.48. The quantitative estimate of drug-likeness (QED) is 0.702. The Kier molecular flexibility index (Phi) is 4.52. The van der Waals surface area contributed by atoms with Crippen molar-refractivity contribution in [1.82, 2.24) is 0 Å². The van der Waals surface area contributed by atoms with Crippen LogP contribution in [0.25, 0.3) is 0 Å². The van der Waals surface area contributed by atoms with Gasteiger partial charge in [-0.25, -0.2) is 0 Å². The Morgan fingerprint density at radius 1 is 1.28 bits per heavy atom. The molecule has 6 nitrogen and oxygen atoms in total. The van der Waals surface area contributed by atoms with Gasteiger partial charge in [0.1, 0.15) is 5.60 Å². The molecule has 0 aliphatic heterocycles. The highest BCUT2D eigenvalue weighted by molar-refractivity contribution is 6.01. The average Bonchev–Trinajstić information content (AvgIpc) is 2.91. The molecule has 0 heterocycles. The fourth-order valence-corrected chi connectivity index (χ4v) is 6.53. The topological polar surface area (TPSA) is 101 Å². The molecular weight excluding hydrogens is 372 g/mol. The highest BCUT2D eigenvalue weighted by Crippen LogP contribution is 2.65. The minimum atomic E-state index is -1.64. The van der Waals surface area contributed by atoms with Crippen LogP contribution in [0.5, 0.6) is 0 Å². The molecule has 2 N–H and O–H groups in total. The van der Waals surface area contributed by atoms with Gasteiger partial charge in [0, 0.05) is 23.7 Å². The highest BCUT2D eigenvalue weighted by Gasteiger charge is 2.67. The van der Waals surface area contributed by atoms with E-state index in [1.165, 1.54) is 6.92 Å². The number of ether oxygens (including phenoxy) is 1. The molecule has 4 aliphatic rings. The predicted octanol–water partition coefficient (Wildman–Crippen LogP) is 1.90. The van der Waals surface area contributed by atoms with Crippen LogP contribution in [0.1, 0.15) is 40.0 Å². The number of carbonyl (C=O) groups excluding carboxylic acids is 3. The summed E-state index contributed by atoms with van der Waals surface area (Å²) in [4.78, 5) is 35.8. The fourth-order valence-electron chi connectivity index (χ4n) is 6.53. The van der Waals surface area contributed by atoms with E-state index in [1.54, 1.807) is 12.2 Å². The summed E-state index contributed by atoms with van der Waals surface area (Å²) in [7, 11) is 0. The van der Waals surface area contributed by atoms with Crippen LogP contribution in [0.15, 0.2) is 36.0 Å². The zero-order chi connectivity index (χ0) is 21.2.